The topological polar surface area (TPSA) is 59.0 Å². The Morgan fingerprint density at radius 3 is 2.76 bits per heavy atom. The molecule has 1 fully saturated rings. The van der Waals surface area contributed by atoms with Crippen molar-refractivity contribution in [3.8, 4) is 5.75 Å². The molecule has 5 nitrogen and oxygen atoms in total. The molecule has 1 N–H and O–H groups in total. The van der Waals surface area contributed by atoms with Gasteiger partial charge in [-0.3, -0.25) is 4.90 Å². The van der Waals surface area contributed by atoms with Crippen molar-refractivity contribution < 1.29 is 19.4 Å². The molecule has 1 aliphatic rings. The standard InChI is InChI=1S/C16H23NO4/c1-12(2)21-14-6-4-5-13(7-14)8-17-10-16(3,11-17)20-9-15(18)19/h4-7,12H,8-11H2,1-3H3,(H,18,19). The van der Waals surface area contributed by atoms with Crippen molar-refractivity contribution >= 4 is 5.97 Å². The van der Waals surface area contributed by atoms with E-state index in [1.807, 2.05) is 39.0 Å². The first-order chi connectivity index (χ1) is 9.86. The zero-order valence-electron chi connectivity index (χ0n) is 12.8. The monoisotopic (exact) mass is 293 g/mol. The molecule has 0 aliphatic carbocycles. The maximum absolute atomic E-state index is 10.5. The van der Waals surface area contributed by atoms with Crippen LogP contribution in [0.15, 0.2) is 24.3 Å². The van der Waals surface area contributed by atoms with Crippen LogP contribution in [0.3, 0.4) is 0 Å². The summed E-state index contributed by atoms with van der Waals surface area (Å²) in [4.78, 5) is 12.8. The van der Waals surface area contributed by atoms with Gasteiger partial charge in [0.15, 0.2) is 0 Å². The third-order valence-corrected chi connectivity index (χ3v) is 3.34. The number of benzene rings is 1. The quantitative estimate of drug-likeness (QED) is 0.834. The average Bonchev–Trinajstić information content (AvgIpc) is 2.34. The number of hydrogen-bond acceptors (Lipinski definition) is 4. The molecular formula is C16H23NO4. The van der Waals surface area contributed by atoms with Gasteiger partial charge >= 0.3 is 5.97 Å². The number of carboxylic acid groups (broad SMARTS) is 1. The Hall–Kier alpha value is -1.59. The van der Waals surface area contributed by atoms with Crippen LogP contribution in [0.4, 0.5) is 0 Å². The Morgan fingerprint density at radius 2 is 2.14 bits per heavy atom. The zero-order chi connectivity index (χ0) is 15.5. The summed E-state index contributed by atoms with van der Waals surface area (Å²) < 4.78 is 11.1. The van der Waals surface area contributed by atoms with Crippen LogP contribution in [0.25, 0.3) is 0 Å². The third-order valence-electron chi connectivity index (χ3n) is 3.34. The fourth-order valence-electron chi connectivity index (χ4n) is 2.59. The van der Waals surface area contributed by atoms with E-state index in [2.05, 4.69) is 11.0 Å². The van der Waals surface area contributed by atoms with E-state index in [9.17, 15) is 4.79 Å². The molecule has 0 atom stereocenters. The van der Waals surface area contributed by atoms with Crippen molar-refractivity contribution in [1.29, 1.82) is 0 Å². The molecule has 2 rings (SSSR count). The predicted octanol–water partition coefficient (Wildman–Crippen LogP) is 2.15. The fraction of sp³-hybridized carbons (Fsp3) is 0.562. The highest BCUT2D eigenvalue weighted by atomic mass is 16.5. The van der Waals surface area contributed by atoms with E-state index in [0.29, 0.717) is 0 Å². The van der Waals surface area contributed by atoms with Crippen LogP contribution < -0.4 is 4.74 Å². The van der Waals surface area contributed by atoms with E-state index in [0.717, 1.165) is 25.4 Å². The van der Waals surface area contributed by atoms with Crippen LogP contribution >= 0.6 is 0 Å². The summed E-state index contributed by atoms with van der Waals surface area (Å²) >= 11 is 0. The normalized spacial score (nSPS) is 17.5. The zero-order valence-corrected chi connectivity index (χ0v) is 12.8. The molecule has 1 aliphatic heterocycles. The van der Waals surface area contributed by atoms with Gasteiger partial charge in [0, 0.05) is 19.6 Å². The highest BCUT2D eigenvalue weighted by molar-refractivity contribution is 5.68. The van der Waals surface area contributed by atoms with Crippen molar-refractivity contribution in [3.63, 3.8) is 0 Å². The lowest BCUT2D eigenvalue weighted by Gasteiger charge is -2.47. The molecule has 1 aromatic carbocycles. The van der Waals surface area contributed by atoms with Gasteiger partial charge in [0.1, 0.15) is 12.4 Å². The first kappa shape index (κ1) is 15.8. The Morgan fingerprint density at radius 1 is 1.43 bits per heavy atom. The van der Waals surface area contributed by atoms with E-state index < -0.39 is 5.97 Å². The van der Waals surface area contributed by atoms with Crippen molar-refractivity contribution in [2.45, 2.75) is 39.0 Å². The van der Waals surface area contributed by atoms with Crippen LogP contribution in [-0.4, -0.2) is 47.4 Å². The van der Waals surface area contributed by atoms with Crippen molar-refractivity contribution in [1.82, 2.24) is 4.90 Å². The smallest absolute Gasteiger partial charge is 0.329 e. The highest BCUT2D eigenvalue weighted by Gasteiger charge is 2.39. The molecule has 0 aromatic heterocycles. The Bertz CT molecular complexity index is 495. The SMILES string of the molecule is CC(C)Oc1cccc(CN2CC(C)(OCC(=O)O)C2)c1. The van der Waals surface area contributed by atoms with E-state index in [-0.39, 0.29) is 18.3 Å². The highest BCUT2D eigenvalue weighted by Crippen LogP contribution is 2.27. The lowest BCUT2D eigenvalue weighted by Crippen LogP contribution is -2.61. The van der Waals surface area contributed by atoms with Crippen molar-refractivity contribution in [2.24, 2.45) is 0 Å². The molecule has 0 amide bonds. The Labute approximate surface area is 125 Å². The van der Waals surface area contributed by atoms with E-state index in [1.54, 1.807) is 0 Å². The number of carbonyl (C=O) groups is 1. The molecule has 0 saturated carbocycles. The van der Waals surface area contributed by atoms with Crippen LogP contribution in [0.2, 0.25) is 0 Å². The molecule has 1 aromatic rings. The molecule has 0 unspecified atom stereocenters. The lowest BCUT2D eigenvalue weighted by molar-refractivity contribution is -0.165. The first-order valence-corrected chi connectivity index (χ1v) is 7.20. The Balaban J connectivity index is 1.83. The maximum Gasteiger partial charge on any atom is 0.329 e. The van der Waals surface area contributed by atoms with Crippen LogP contribution in [0, 0.1) is 0 Å². The minimum Gasteiger partial charge on any atom is -0.491 e. The third kappa shape index (κ3) is 4.72. The van der Waals surface area contributed by atoms with Gasteiger partial charge in [0.2, 0.25) is 0 Å². The summed E-state index contributed by atoms with van der Waals surface area (Å²) in [6.07, 6.45) is 0.164. The van der Waals surface area contributed by atoms with Crippen molar-refractivity contribution in [3.05, 3.63) is 29.8 Å². The molecule has 5 heteroatoms. The number of hydrogen-bond donors (Lipinski definition) is 1. The summed E-state index contributed by atoms with van der Waals surface area (Å²) in [6.45, 7) is 8.04. The largest absolute Gasteiger partial charge is 0.491 e. The van der Waals surface area contributed by atoms with Crippen LogP contribution in [-0.2, 0) is 16.1 Å². The number of aliphatic carboxylic acids is 1. The number of nitrogens with zero attached hydrogens (tertiary/aromatic N) is 1. The van der Waals surface area contributed by atoms with Crippen molar-refractivity contribution in [2.75, 3.05) is 19.7 Å². The number of carboxylic acids is 1. The minimum atomic E-state index is -0.923. The van der Waals surface area contributed by atoms with Gasteiger partial charge in [-0.05, 0) is 38.5 Å². The summed E-state index contributed by atoms with van der Waals surface area (Å²) in [6, 6.07) is 8.07. The predicted molar refractivity (Wildman–Crippen MR) is 79.5 cm³/mol. The molecule has 0 spiro atoms. The molecule has 0 bridgehead atoms. The summed E-state index contributed by atoms with van der Waals surface area (Å²) in [5.74, 6) is -0.0406. The van der Waals surface area contributed by atoms with E-state index in [1.165, 1.54) is 5.56 Å². The number of rotatable bonds is 7. The fourth-order valence-corrected chi connectivity index (χ4v) is 2.59. The molecule has 0 radical (unpaired) electrons. The second-order valence-corrected chi connectivity index (χ2v) is 6.09. The molecule has 1 heterocycles. The second-order valence-electron chi connectivity index (χ2n) is 6.09. The molecular weight excluding hydrogens is 270 g/mol. The minimum absolute atomic E-state index is 0.164. The maximum atomic E-state index is 10.5. The van der Waals surface area contributed by atoms with E-state index >= 15 is 0 Å². The van der Waals surface area contributed by atoms with Gasteiger partial charge in [-0.2, -0.15) is 0 Å². The molecule has 1 saturated heterocycles. The summed E-state index contributed by atoms with van der Waals surface area (Å²) in [5, 5.41) is 8.65. The number of ether oxygens (including phenoxy) is 2. The van der Waals surface area contributed by atoms with Gasteiger partial charge in [-0.25, -0.2) is 4.79 Å². The van der Waals surface area contributed by atoms with Crippen LogP contribution in [0.1, 0.15) is 26.3 Å². The van der Waals surface area contributed by atoms with E-state index in [4.69, 9.17) is 14.6 Å². The van der Waals surface area contributed by atoms with Gasteiger partial charge < -0.3 is 14.6 Å². The van der Waals surface area contributed by atoms with Gasteiger partial charge in [0.25, 0.3) is 0 Å². The summed E-state index contributed by atoms with van der Waals surface area (Å²) in [7, 11) is 0. The van der Waals surface area contributed by atoms with Gasteiger partial charge in [0.05, 0.1) is 11.7 Å². The van der Waals surface area contributed by atoms with Gasteiger partial charge in [-0.15, -0.1) is 0 Å². The lowest BCUT2D eigenvalue weighted by atomic mass is 9.95. The second kappa shape index (κ2) is 6.45. The van der Waals surface area contributed by atoms with Gasteiger partial charge in [-0.1, -0.05) is 12.1 Å². The molecule has 116 valence electrons. The Kier molecular flexibility index (Phi) is 4.85. The van der Waals surface area contributed by atoms with Crippen LogP contribution in [0.5, 0.6) is 5.75 Å². The molecule has 21 heavy (non-hydrogen) atoms. The summed E-state index contributed by atoms with van der Waals surface area (Å²) in [5.41, 5.74) is 0.846. The average molecular weight is 293 g/mol. The first-order valence-electron chi connectivity index (χ1n) is 7.20. The number of likely N-dealkylation sites (tertiary alicyclic amines) is 1.